The first kappa shape index (κ1) is 13.8. The third-order valence-electron chi connectivity index (χ3n) is 2.24. The van der Waals surface area contributed by atoms with Crippen LogP contribution in [0.2, 0.25) is 0 Å². The number of hydrogen-bond donors (Lipinski definition) is 0. The molecule has 0 saturated heterocycles. The number of aromatic nitrogens is 2. The summed E-state index contributed by atoms with van der Waals surface area (Å²) in [5, 5.41) is 0. The highest BCUT2D eigenvalue weighted by atomic mass is 16.2. The van der Waals surface area contributed by atoms with E-state index in [2.05, 4.69) is 10.9 Å². The van der Waals surface area contributed by atoms with Gasteiger partial charge in [-0.3, -0.25) is 9.36 Å². The van der Waals surface area contributed by atoms with Crippen molar-refractivity contribution in [2.45, 2.75) is 20.0 Å². The summed E-state index contributed by atoms with van der Waals surface area (Å²) in [5.41, 5.74) is -0.873. The average Bonchev–Trinajstić information content (AvgIpc) is 2.31. The van der Waals surface area contributed by atoms with Crippen molar-refractivity contribution in [3.8, 4) is 12.3 Å². The Labute approximate surface area is 105 Å². The van der Waals surface area contributed by atoms with Crippen LogP contribution in [0.15, 0.2) is 20.6 Å². The van der Waals surface area contributed by atoms with E-state index in [1.807, 2.05) is 0 Å². The molecule has 0 saturated carbocycles. The van der Waals surface area contributed by atoms with Gasteiger partial charge in [0, 0.05) is 26.7 Å². The lowest BCUT2D eigenvalue weighted by Gasteiger charge is -2.10. The lowest BCUT2D eigenvalue weighted by molar-refractivity contribution is 0.610. The van der Waals surface area contributed by atoms with Gasteiger partial charge in [-0.2, -0.15) is 0 Å². The molecule has 0 amide bonds. The highest BCUT2D eigenvalue weighted by molar-refractivity contribution is 5.58. The van der Waals surface area contributed by atoms with Crippen molar-refractivity contribution in [1.82, 2.24) is 14.0 Å². The summed E-state index contributed by atoms with van der Waals surface area (Å²) in [7, 11) is 3.61. The minimum Gasteiger partial charge on any atom is -0.369 e. The fourth-order valence-corrected chi connectivity index (χ4v) is 1.42. The van der Waals surface area contributed by atoms with E-state index in [0.717, 1.165) is 4.57 Å². The maximum absolute atomic E-state index is 12.0. The predicted molar refractivity (Wildman–Crippen MR) is 71.3 cm³/mol. The molecule has 0 aliphatic rings. The summed E-state index contributed by atoms with van der Waals surface area (Å²) in [6.07, 6.45) is 6.67. The van der Waals surface area contributed by atoms with E-state index in [1.54, 1.807) is 25.9 Å². The molecule has 6 nitrogen and oxygen atoms in total. The molecule has 0 spiro atoms. The summed E-state index contributed by atoms with van der Waals surface area (Å²) in [4.78, 5) is 29.6. The van der Waals surface area contributed by atoms with Crippen LogP contribution in [0.5, 0.6) is 0 Å². The minimum absolute atomic E-state index is 0.0324. The average molecular weight is 248 g/mol. The second kappa shape index (κ2) is 5.87. The SMILES string of the molecule is C#CCn1c(=O)cc(/N=C\N(C)C)n(CC)c1=O. The second-order valence-corrected chi connectivity index (χ2v) is 3.87. The molecule has 1 aromatic rings. The maximum Gasteiger partial charge on any atom is 0.333 e. The van der Waals surface area contributed by atoms with Crippen molar-refractivity contribution in [3.05, 3.63) is 26.9 Å². The highest BCUT2D eigenvalue weighted by Gasteiger charge is 2.08. The van der Waals surface area contributed by atoms with Crippen LogP contribution in [0.4, 0.5) is 5.82 Å². The Morgan fingerprint density at radius 2 is 2.11 bits per heavy atom. The Morgan fingerprint density at radius 3 is 2.61 bits per heavy atom. The van der Waals surface area contributed by atoms with E-state index >= 15 is 0 Å². The quantitative estimate of drug-likeness (QED) is 0.424. The monoisotopic (exact) mass is 248 g/mol. The highest BCUT2D eigenvalue weighted by Crippen LogP contribution is 2.05. The Kier molecular flexibility index (Phi) is 4.49. The number of rotatable bonds is 4. The molecule has 1 heterocycles. The Morgan fingerprint density at radius 1 is 1.44 bits per heavy atom. The van der Waals surface area contributed by atoms with Crippen LogP contribution in [-0.2, 0) is 13.1 Å². The molecule has 0 aliphatic carbocycles. The van der Waals surface area contributed by atoms with Crippen LogP contribution in [-0.4, -0.2) is 34.5 Å². The standard InChI is InChI=1S/C12H16N4O2/c1-5-7-16-11(17)8-10(13-9-14(3)4)15(6-2)12(16)18/h1,8-9H,6-7H2,2-4H3/b13-9-. The van der Waals surface area contributed by atoms with Crippen LogP contribution in [0.1, 0.15) is 6.92 Å². The number of hydrogen-bond acceptors (Lipinski definition) is 3. The van der Waals surface area contributed by atoms with Gasteiger partial charge in [0.05, 0.1) is 12.9 Å². The number of nitrogens with zero attached hydrogens (tertiary/aromatic N) is 4. The van der Waals surface area contributed by atoms with Crippen molar-refractivity contribution in [1.29, 1.82) is 0 Å². The molecule has 0 fully saturated rings. The normalized spacial score (nSPS) is 10.6. The smallest absolute Gasteiger partial charge is 0.333 e. The molecule has 6 heteroatoms. The van der Waals surface area contributed by atoms with Gasteiger partial charge < -0.3 is 4.90 Å². The fraction of sp³-hybridized carbons (Fsp3) is 0.417. The molecule has 0 atom stereocenters. The van der Waals surface area contributed by atoms with Crippen LogP contribution in [0.3, 0.4) is 0 Å². The second-order valence-electron chi connectivity index (χ2n) is 3.87. The summed E-state index contributed by atoms with van der Waals surface area (Å²) in [6, 6.07) is 1.31. The lowest BCUT2D eigenvalue weighted by Crippen LogP contribution is -2.38. The third kappa shape index (κ3) is 2.88. The first-order chi connectivity index (χ1) is 8.51. The third-order valence-corrected chi connectivity index (χ3v) is 2.24. The van der Waals surface area contributed by atoms with Gasteiger partial charge in [0.15, 0.2) is 0 Å². The Hall–Kier alpha value is -2.29. The Balaban J connectivity index is 3.44. The molecule has 0 aliphatic heterocycles. The summed E-state index contributed by atoms with van der Waals surface area (Å²) in [5.74, 6) is 2.62. The molecule has 0 aromatic carbocycles. The van der Waals surface area contributed by atoms with Crippen LogP contribution < -0.4 is 11.2 Å². The van der Waals surface area contributed by atoms with Gasteiger partial charge >= 0.3 is 5.69 Å². The van der Waals surface area contributed by atoms with Gasteiger partial charge in [-0.05, 0) is 6.92 Å². The van der Waals surface area contributed by atoms with Gasteiger partial charge in [-0.1, -0.05) is 5.92 Å². The van der Waals surface area contributed by atoms with E-state index in [9.17, 15) is 9.59 Å². The zero-order valence-corrected chi connectivity index (χ0v) is 10.8. The summed E-state index contributed by atoms with van der Waals surface area (Å²) in [6.45, 7) is 2.19. The van der Waals surface area contributed by atoms with E-state index in [-0.39, 0.29) is 6.54 Å². The molecule has 0 radical (unpaired) electrons. The van der Waals surface area contributed by atoms with Crippen LogP contribution in [0, 0.1) is 12.3 Å². The zero-order valence-electron chi connectivity index (χ0n) is 10.8. The molecule has 1 aromatic heterocycles. The molecule has 1 rings (SSSR count). The fourth-order valence-electron chi connectivity index (χ4n) is 1.42. The molecule has 0 bridgehead atoms. The topological polar surface area (TPSA) is 59.6 Å². The van der Waals surface area contributed by atoms with Crippen LogP contribution >= 0.6 is 0 Å². The van der Waals surface area contributed by atoms with Gasteiger partial charge in [0.2, 0.25) is 0 Å². The molecular weight excluding hydrogens is 232 g/mol. The predicted octanol–water partition coefficient (Wildman–Crippen LogP) is -0.116. The molecular formula is C12H16N4O2. The summed E-state index contributed by atoms with van der Waals surface area (Å²) < 4.78 is 2.41. The van der Waals surface area contributed by atoms with Gasteiger partial charge in [0.1, 0.15) is 5.82 Å². The van der Waals surface area contributed by atoms with Crippen molar-refractivity contribution < 1.29 is 0 Å². The lowest BCUT2D eigenvalue weighted by atomic mass is 10.5. The van der Waals surface area contributed by atoms with E-state index in [1.165, 1.54) is 17.0 Å². The molecule has 96 valence electrons. The maximum atomic E-state index is 12.0. The zero-order chi connectivity index (χ0) is 13.7. The minimum atomic E-state index is -0.437. The molecule has 0 N–H and O–H groups in total. The number of aliphatic imine (C=N–C) groups is 1. The van der Waals surface area contributed by atoms with Crippen molar-refractivity contribution in [2.75, 3.05) is 14.1 Å². The number of terminal acetylenes is 1. The van der Waals surface area contributed by atoms with Gasteiger partial charge in [-0.15, -0.1) is 6.42 Å². The first-order valence-electron chi connectivity index (χ1n) is 5.50. The van der Waals surface area contributed by atoms with Crippen molar-refractivity contribution in [3.63, 3.8) is 0 Å². The van der Waals surface area contributed by atoms with Crippen molar-refractivity contribution in [2.24, 2.45) is 4.99 Å². The van der Waals surface area contributed by atoms with E-state index in [4.69, 9.17) is 6.42 Å². The largest absolute Gasteiger partial charge is 0.369 e. The molecule has 18 heavy (non-hydrogen) atoms. The first-order valence-corrected chi connectivity index (χ1v) is 5.50. The molecule has 0 unspecified atom stereocenters. The Bertz CT molecular complexity index is 602. The van der Waals surface area contributed by atoms with E-state index < -0.39 is 11.2 Å². The van der Waals surface area contributed by atoms with Crippen LogP contribution in [0.25, 0.3) is 0 Å². The van der Waals surface area contributed by atoms with Gasteiger partial charge in [0.25, 0.3) is 5.56 Å². The van der Waals surface area contributed by atoms with E-state index in [0.29, 0.717) is 12.4 Å². The van der Waals surface area contributed by atoms with Crippen molar-refractivity contribution >= 4 is 12.2 Å². The summed E-state index contributed by atoms with van der Waals surface area (Å²) >= 11 is 0. The van der Waals surface area contributed by atoms with Gasteiger partial charge in [-0.25, -0.2) is 14.4 Å².